The number of hydrogen-bond donors (Lipinski definition) is 2. The summed E-state index contributed by atoms with van der Waals surface area (Å²) in [7, 11) is 0. The van der Waals surface area contributed by atoms with E-state index in [0.29, 0.717) is 17.0 Å². The first-order chi connectivity index (χ1) is 8.56. The second-order valence-electron chi connectivity index (χ2n) is 3.99. The molecule has 1 atom stereocenters. The fraction of sp³-hybridized carbons (Fsp3) is 0.250. The summed E-state index contributed by atoms with van der Waals surface area (Å²) in [5.41, 5.74) is 0.382. The fourth-order valence-corrected chi connectivity index (χ4v) is 1.89. The largest absolute Gasteiger partial charge is 0.340 e. The van der Waals surface area contributed by atoms with Crippen LogP contribution < -0.4 is 10.6 Å². The zero-order valence-electron chi connectivity index (χ0n) is 9.40. The maximum atomic E-state index is 11.9. The van der Waals surface area contributed by atoms with Gasteiger partial charge in [0.05, 0.1) is 0 Å². The van der Waals surface area contributed by atoms with Gasteiger partial charge in [-0.3, -0.25) is 19.7 Å². The molecule has 0 bridgehead atoms. The van der Waals surface area contributed by atoms with Crippen LogP contribution in [0.4, 0.5) is 0 Å². The van der Waals surface area contributed by atoms with Crippen LogP contribution in [-0.2, 0) is 9.59 Å². The van der Waals surface area contributed by atoms with E-state index in [1.165, 1.54) is 6.07 Å². The minimum absolute atomic E-state index is 0.228. The Hall–Kier alpha value is -1.88. The van der Waals surface area contributed by atoms with Gasteiger partial charge in [0.1, 0.15) is 6.04 Å². The molecule has 18 heavy (non-hydrogen) atoms. The molecule has 0 aliphatic carbocycles. The standard InChI is InChI=1S/C12H11ClN2O3/c13-8-3-1-2-7(6-8)11(17)14-9-4-5-10(16)15-12(9)18/h1-3,6,9H,4-5H2,(H,14,17)(H,15,16,18)/t9-/m1/s1. The fourth-order valence-electron chi connectivity index (χ4n) is 1.70. The van der Waals surface area contributed by atoms with E-state index in [4.69, 9.17) is 11.6 Å². The van der Waals surface area contributed by atoms with E-state index in [1.54, 1.807) is 18.2 Å². The minimum Gasteiger partial charge on any atom is -0.340 e. The molecule has 0 radical (unpaired) electrons. The zero-order valence-corrected chi connectivity index (χ0v) is 10.2. The summed E-state index contributed by atoms with van der Waals surface area (Å²) in [5, 5.41) is 5.20. The Morgan fingerprint density at radius 3 is 2.83 bits per heavy atom. The summed E-state index contributed by atoms with van der Waals surface area (Å²) in [6, 6.07) is 5.76. The van der Waals surface area contributed by atoms with E-state index < -0.39 is 11.9 Å². The third-order valence-electron chi connectivity index (χ3n) is 2.63. The number of imide groups is 1. The van der Waals surface area contributed by atoms with Crippen molar-refractivity contribution < 1.29 is 14.4 Å². The van der Waals surface area contributed by atoms with Gasteiger partial charge in [-0.15, -0.1) is 0 Å². The number of carbonyl (C=O) groups is 3. The first-order valence-corrected chi connectivity index (χ1v) is 5.84. The monoisotopic (exact) mass is 266 g/mol. The van der Waals surface area contributed by atoms with E-state index in [-0.39, 0.29) is 18.2 Å². The Bertz CT molecular complexity index is 516. The topological polar surface area (TPSA) is 75.3 Å². The van der Waals surface area contributed by atoms with Gasteiger partial charge in [-0.1, -0.05) is 17.7 Å². The molecule has 2 N–H and O–H groups in total. The molecule has 5 nitrogen and oxygen atoms in total. The van der Waals surface area contributed by atoms with E-state index in [0.717, 1.165) is 0 Å². The van der Waals surface area contributed by atoms with Crippen molar-refractivity contribution in [2.24, 2.45) is 0 Å². The number of rotatable bonds is 2. The van der Waals surface area contributed by atoms with E-state index in [9.17, 15) is 14.4 Å². The predicted octanol–water partition coefficient (Wildman–Crippen LogP) is 0.875. The molecule has 1 aliphatic rings. The second-order valence-corrected chi connectivity index (χ2v) is 4.42. The predicted molar refractivity (Wildman–Crippen MR) is 65.1 cm³/mol. The minimum atomic E-state index is -0.672. The molecule has 6 heteroatoms. The molecule has 94 valence electrons. The number of piperidine rings is 1. The van der Waals surface area contributed by atoms with Crippen molar-refractivity contribution in [3.8, 4) is 0 Å². The SMILES string of the molecule is O=C1CC[C@@H](NC(=O)c2cccc(Cl)c2)C(=O)N1. The third-order valence-corrected chi connectivity index (χ3v) is 2.87. The average molecular weight is 267 g/mol. The van der Waals surface area contributed by atoms with Crippen LogP contribution in [0, 0.1) is 0 Å². The highest BCUT2D eigenvalue weighted by Crippen LogP contribution is 2.11. The van der Waals surface area contributed by atoms with Gasteiger partial charge in [-0.05, 0) is 24.6 Å². The molecule has 1 aromatic carbocycles. The number of halogens is 1. The van der Waals surface area contributed by atoms with Crippen molar-refractivity contribution in [2.45, 2.75) is 18.9 Å². The van der Waals surface area contributed by atoms with Gasteiger partial charge in [0.2, 0.25) is 11.8 Å². The van der Waals surface area contributed by atoms with Crippen molar-refractivity contribution in [3.05, 3.63) is 34.9 Å². The molecule has 0 saturated carbocycles. The molecule has 1 fully saturated rings. The van der Waals surface area contributed by atoms with Gasteiger partial charge >= 0.3 is 0 Å². The van der Waals surface area contributed by atoms with Crippen molar-refractivity contribution >= 4 is 29.3 Å². The van der Waals surface area contributed by atoms with Gasteiger partial charge in [-0.2, -0.15) is 0 Å². The van der Waals surface area contributed by atoms with Gasteiger partial charge in [0.15, 0.2) is 0 Å². The molecule has 0 unspecified atom stereocenters. The molecule has 0 spiro atoms. The summed E-state index contributed by atoms with van der Waals surface area (Å²) in [4.78, 5) is 34.3. The number of amides is 3. The molecular formula is C12H11ClN2O3. The average Bonchev–Trinajstić information content (AvgIpc) is 2.32. The highest BCUT2D eigenvalue weighted by molar-refractivity contribution is 6.31. The van der Waals surface area contributed by atoms with Gasteiger partial charge in [-0.25, -0.2) is 0 Å². The first-order valence-electron chi connectivity index (χ1n) is 5.46. The zero-order chi connectivity index (χ0) is 13.1. The van der Waals surface area contributed by atoms with Gasteiger partial charge in [0, 0.05) is 17.0 Å². The number of benzene rings is 1. The first kappa shape index (κ1) is 12.6. The Morgan fingerprint density at radius 2 is 2.17 bits per heavy atom. The van der Waals surface area contributed by atoms with Crippen LogP contribution in [0.3, 0.4) is 0 Å². The van der Waals surface area contributed by atoms with Crippen LogP contribution in [0.5, 0.6) is 0 Å². The van der Waals surface area contributed by atoms with E-state index in [1.807, 2.05) is 0 Å². The lowest BCUT2D eigenvalue weighted by molar-refractivity contribution is -0.134. The Balaban J connectivity index is 2.03. The quantitative estimate of drug-likeness (QED) is 0.780. The Kier molecular flexibility index (Phi) is 3.62. The molecule has 1 heterocycles. The van der Waals surface area contributed by atoms with Crippen molar-refractivity contribution in [3.63, 3.8) is 0 Å². The molecular weight excluding hydrogens is 256 g/mol. The normalized spacial score (nSPS) is 19.3. The highest BCUT2D eigenvalue weighted by atomic mass is 35.5. The Labute approximate surface area is 109 Å². The summed E-state index contributed by atoms with van der Waals surface area (Å²) >= 11 is 5.78. The van der Waals surface area contributed by atoms with Crippen LogP contribution >= 0.6 is 11.6 Å². The lowest BCUT2D eigenvalue weighted by Gasteiger charge is -2.21. The van der Waals surface area contributed by atoms with Crippen LogP contribution in [0.25, 0.3) is 0 Å². The van der Waals surface area contributed by atoms with Crippen molar-refractivity contribution in [1.82, 2.24) is 10.6 Å². The summed E-state index contributed by atoms with van der Waals surface area (Å²) in [6.07, 6.45) is 0.545. The molecule has 2 rings (SSSR count). The highest BCUT2D eigenvalue weighted by Gasteiger charge is 2.27. The third kappa shape index (κ3) is 2.87. The van der Waals surface area contributed by atoms with Crippen LogP contribution in [0.1, 0.15) is 23.2 Å². The van der Waals surface area contributed by atoms with Crippen LogP contribution in [-0.4, -0.2) is 23.8 Å². The summed E-state index contributed by atoms with van der Waals surface area (Å²) in [5.74, 6) is -1.16. The Morgan fingerprint density at radius 1 is 1.39 bits per heavy atom. The molecule has 0 aromatic heterocycles. The molecule has 3 amide bonds. The number of hydrogen-bond acceptors (Lipinski definition) is 3. The lowest BCUT2D eigenvalue weighted by Crippen LogP contribution is -2.52. The maximum absolute atomic E-state index is 11.9. The van der Waals surface area contributed by atoms with Crippen LogP contribution in [0.15, 0.2) is 24.3 Å². The van der Waals surface area contributed by atoms with Crippen molar-refractivity contribution in [2.75, 3.05) is 0 Å². The van der Waals surface area contributed by atoms with E-state index >= 15 is 0 Å². The van der Waals surface area contributed by atoms with Crippen molar-refractivity contribution in [1.29, 1.82) is 0 Å². The van der Waals surface area contributed by atoms with Crippen LogP contribution in [0.2, 0.25) is 5.02 Å². The maximum Gasteiger partial charge on any atom is 0.251 e. The second kappa shape index (κ2) is 5.18. The van der Waals surface area contributed by atoms with Gasteiger partial charge < -0.3 is 5.32 Å². The summed E-state index contributed by atoms with van der Waals surface area (Å²) in [6.45, 7) is 0. The molecule has 1 aliphatic heterocycles. The van der Waals surface area contributed by atoms with Gasteiger partial charge in [0.25, 0.3) is 5.91 Å². The lowest BCUT2D eigenvalue weighted by atomic mass is 10.1. The molecule has 1 aromatic rings. The number of carbonyl (C=O) groups excluding carboxylic acids is 3. The molecule has 1 saturated heterocycles. The summed E-state index contributed by atoms with van der Waals surface area (Å²) < 4.78 is 0. The van der Waals surface area contributed by atoms with E-state index in [2.05, 4.69) is 10.6 Å². The smallest absolute Gasteiger partial charge is 0.251 e. The number of nitrogens with one attached hydrogen (secondary N) is 2.